The van der Waals surface area contributed by atoms with Crippen LogP contribution in [0.1, 0.15) is 32.3 Å². The predicted molar refractivity (Wildman–Crippen MR) is 79.4 cm³/mol. The average molecular weight is 300 g/mol. The third-order valence-electron chi connectivity index (χ3n) is 3.78. The van der Waals surface area contributed by atoms with Crippen LogP contribution >= 0.6 is 0 Å². The van der Waals surface area contributed by atoms with Gasteiger partial charge in [0, 0.05) is 31.4 Å². The maximum Gasteiger partial charge on any atom is 0.390 e. The van der Waals surface area contributed by atoms with Crippen LogP contribution in [0.4, 0.5) is 18.9 Å². The lowest BCUT2D eigenvalue weighted by Crippen LogP contribution is -2.40. The minimum absolute atomic E-state index is 0.0246. The number of rotatable bonds is 4. The van der Waals surface area contributed by atoms with Gasteiger partial charge in [-0.15, -0.1) is 0 Å². The van der Waals surface area contributed by atoms with Gasteiger partial charge in [0.05, 0.1) is 6.42 Å². The van der Waals surface area contributed by atoms with E-state index in [1.54, 1.807) is 0 Å². The van der Waals surface area contributed by atoms with Gasteiger partial charge in [0.1, 0.15) is 0 Å². The number of benzene rings is 1. The maximum absolute atomic E-state index is 12.6. The van der Waals surface area contributed by atoms with Crippen LogP contribution in [-0.2, 0) is 6.54 Å². The molecule has 0 spiro atoms. The zero-order valence-corrected chi connectivity index (χ0v) is 12.6. The van der Waals surface area contributed by atoms with Crippen molar-refractivity contribution in [2.24, 2.45) is 5.92 Å². The molecule has 1 aliphatic heterocycles. The molecule has 1 N–H and O–H groups in total. The summed E-state index contributed by atoms with van der Waals surface area (Å²) in [5.74, 6) is 0.521. The van der Waals surface area contributed by atoms with E-state index in [0.29, 0.717) is 12.5 Å². The Bertz CT molecular complexity index is 457. The summed E-state index contributed by atoms with van der Waals surface area (Å²) in [5.41, 5.74) is 2.01. The fraction of sp³-hybridized carbons (Fsp3) is 0.625. The highest BCUT2D eigenvalue weighted by atomic mass is 19.4. The van der Waals surface area contributed by atoms with Crippen molar-refractivity contribution < 1.29 is 13.2 Å². The van der Waals surface area contributed by atoms with Gasteiger partial charge < -0.3 is 10.2 Å². The monoisotopic (exact) mass is 300 g/mol. The predicted octanol–water partition coefficient (Wildman–Crippen LogP) is 3.96. The first-order chi connectivity index (χ1) is 9.85. The smallest absolute Gasteiger partial charge is 0.369 e. The molecule has 0 aliphatic carbocycles. The summed E-state index contributed by atoms with van der Waals surface area (Å²) in [6, 6.07) is 7.96. The van der Waals surface area contributed by atoms with E-state index in [1.807, 2.05) is 29.2 Å². The Balaban J connectivity index is 2.15. The van der Waals surface area contributed by atoms with Crippen LogP contribution in [0.3, 0.4) is 0 Å². The lowest BCUT2D eigenvalue weighted by molar-refractivity contribution is -0.132. The lowest BCUT2D eigenvalue weighted by Gasteiger charge is -2.28. The van der Waals surface area contributed by atoms with Crippen LogP contribution in [0.25, 0.3) is 0 Å². The van der Waals surface area contributed by atoms with Crippen molar-refractivity contribution in [1.29, 1.82) is 0 Å². The summed E-state index contributed by atoms with van der Waals surface area (Å²) in [7, 11) is 0. The Morgan fingerprint density at radius 2 is 2.00 bits per heavy atom. The fourth-order valence-electron chi connectivity index (χ4n) is 2.85. The summed E-state index contributed by atoms with van der Waals surface area (Å²) >= 11 is 0. The number of para-hydroxylation sites is 1. The molecule has 0 saturated carbocycles. The Kier molecular flexibility index (Phi) is 5.14. The molecule has 0 bridgehead atoms. The van der Waals surface area contributed by atoms with E-state index in [-0.39, 0.29) is 12.6 Å². The molecule has 0 saturated heterocycles. The van der Waals surface area contributed by atoms with E-state index in [4.69, 9.17) is 0 Å². The molecule has 118 valence electrons. The molecule has 1 heterocycles. The second-order valence-corrected chi connectivity index (χ2v) is 6.15. The number of hydrogen-bond donors (Lipinski definition) is 1. The van der Waals surface area contributed by atoms with Gasteiger partial charge in [-0.2, -0.15) is 13.2 Å². The van der Waals surface area contributed by atoms with Crippen molar-refractivity contribution in [3.8, 4) is 0 Å². The first kappa shape index (κ1) is 16.1. The second kappa shape index (κ2) is 6.69. The van der Waals surface area contributed by atoms with E-state index in [9.17, 15) is 13.2 Å². The number of alkyl halides is 3. The normalized spacial score (nSPS) is 19.5. The lowest BCUT2D eigenvalue weighted by atomic mass is 10.0. The Hall–Kier alpha value is -1.23. The highest BCUT2D eigenvalue weighted by Crippen LogP contribution is 2.27. The molecule has 0 fully saturated rings. The highest BCUT2D eigenvalue weighted by molar-refractivity contribution is 5.54. The van der Waals surface area contributed by atoms with Gasteiger partial charge in [-0.3, -0.25) is 0 Å². The van der Waals surface area contributed by atoms with E-state index < -0.39 is 12.6 Å². The fourth-order valence-corrected chi connectivity index (χ4v) is 2.85. The van der Waals surface area contributed by atoms with Gasteiger partial charge in [-0.05, 0) is 24.0 Å². The number of halogens is 3. The molecule has 21 heavy (non-hydrogen) atoms. The highest BCUT2D eigenvalue weighted by Gasteiger charge is 2.30. The van der Waals surface area contributed by atoms with E-state index in [2.05, 4.69) is 19.2 Å². The van der Waals surface area contributed by atoms with Gasteiger partial charge in [-0.25, -0.2) is 0 Å². The Morgan fingerprint density at radius 1 is 1.29 bits per heavy atom. The van der Waals surface area contributed by atoms with Gasteiger partial charge in [-0.1, -0.05) is 32.0 Å². The average Bonchev–Trinajstić information content (AvgIpc) is 2.55. The molecule has 1 aliphatic rings. The third-order valence-corrected chi connectivity index (χ3v) is 3.78. The molecular weight excluding hydrogens is 277 g/mol. The molecule has 0 amide bonds. The van der Waals surface area contributed by atoms with Crippen LogP contribution in [0, 0.1) is 5.92 Å². The number of nitrogens with one attached hydrogen (secondary N) is 1. The SMILES string of the molecule is CC(C)CC1CN(CCC(F)(F)F)c2ccccc2CN1. The summed E-state index contributed by atoms with van der Waals surface area (Å²) in [6.07, 6.45) is -3.91. The zero-order valence-electron chi connectivity index (χ0n) is 12.6. The Morgan fingerprint density at radius 3 is 2.67 bits per heavy atom. The summed E-state index contributed by atoms with van der Waals surface area (Å²) in [4.78, 5) is 1.88. The minimum atomic E-state index is -4.11. The molecule has 0 radical (unpaired) electrons. The largest absolute Gasteiger partial charge is 0.390 e. The van der Waals surface area contributed by atoms with Crippen LogP contribution in [0.15, 0.2) is 24.3 Å². The number of nitrogens with zero attached hydrogens (tertiary/aromatic N) is 1. The molecule has 1 unspecified atom stereocenters. The maximum atomic E-state index is 12.6. The molecule has 2 rings (SSSR count). The van der Waals surface area contributed by atoms with Gasteiger partial charge in [0.25, 0.3) is 0 Å². The summed E-state index contributed by atoms with van der Waals surface area (Å²) in [6.45, 7) is 5.65. The zero-order chi connectivity index (χ0) is 15.5. The molecule has 5 heteroatoms. The first-order valence-corrected chi connectivity index (χ1v) is 7.48. The van der Waals surface area contributed by atoms with Crippen molar-refractivity contribution in [2.75, 3.05) is 18.0 Å². The van der Waals surface area contributed by atoms with Crippen LogP contribution in [0.5, 0.6) is 0 Å². The van der Waals surface area contributed by atoms with E-state index >= 15 is 0 Å². The second-order valence-electron chi connectivity index (χ2n) is 6.15. The number of hydrogen-bond acceptors (Lipinski definition) is 2. The minimum Gasteiger partial charge on any atom is -0.369 e. The van der Waals surface area contributed by atoms with Crippen molar-refractivity contribution in [2.45, 2.75) is 45.5 Å². The molecule has 1 atom stereocenters. The summed E-state index contributed by atoms with van der Waals surface area (Å²) in [5, 5.41) is 3.47. The first-order valence-electron chi connectivity index (χ1n) is 7.48. The standard InChI is InChI=1S/C16H23F3N2/c1-12(2)9-14-11-21(8-7-16(17,18)19)15-6-4-3-5-13(15)10-20-14/h3-6,12,14,20H,7-11H2,1-2H3. The number of anilines is 1. The quantitative estimate of drug-likeness (QED) is 0.905. The van der Waals surface area contributed by atoms with Gasteiger partial charge in [0.15, 0.2) is 0 Å². The van der Waals surface area contributed by atoms with E-state index in [1.165, 1.54) is 0 Å². The topological polar surface area (TPSA) is 15.3 Å². The van der Waals surface area contributed by atoms with Crippen LogP contribution in [0.2, 0.25) is 0 Å². The molecular formula is C16H23F3N2. The van der Waals surface area contributed by atoms with Crippen molar-refractivity contribution >= 4 is 5.69 Å². The Labute approximate surface area is 124 Å². The van der Waals surface area contributed by atoms with E-state index in [0.717, 1.165) is 24.2 Å². The third kappa shape index (κ3) is 4.92. The van der Waals surface area contributed by atoms with Gasteiger partial charge >= 0.3 is 6.18 Å². The van der Waals surface area contributed by atoms with Crippen molar-refractivity contribution in [3.05, 3.63) is 29.8 Å². The van der Waals surface area contributed by atoms with Crippen LogP contribution in [-0.4, -0.2) is 25.3 Å². The molecule has 1 aromatic carbocycles. The molecule has 1 aromatic rings. The molecule has 0 aromatic heterocycles. The van der Waals surface area contributed by atoms with Crippen molar-refractivity contribution in [3.63, 3.8) is 0 Å². The number of fused-ring (bicyclic) bond motifs is 1. The summed E-state index contributed by atoms with van der Waals surface area (Å²) < 4.78 is 37.7. The van der Waals surface area contributed by atoms with Gasteiger partial charge in [0.2, 0.25) is 0 Å². The molecule has 2 nitrogen and oxygen atoms in total. The van der Waals surface area contributed by atoms with Crippen LogP contribution < -0.4 is 10.2 Å². The van der Waals surface area contributed by atoms with Crippen molar-refractivity contribution in [1.82, 2.24) is 5.32 Å².